The molecular formula is C13H13Cl2N5O4S2. The molecule has 0 spiro atoms. The van der Waals surface area contributed by atoms with E-state index in [-0.39, 0.29) is 17.3 Å². The average Bonchev–Trinajstić information content (AvgIpc) is 3.08. The normalized spacial score (nSPS) is 18.8. The van der Waals surface area contributed by atoms with Crippen molar-refractivity contribution in [1.29, 1.82) is 0 Å². The summed E-state index contributed by atoms with van der Waals surface area (Å²) < 4.78 is 24.3. The summed E-state index contributed by atoms with van der Waals surface area (Å²) >= 11 is 13.0. The Morgan fingerprint density at radius 3 is 2.81 bits per heavy atom. The van der Waals surface area contributed by atoms with E-state index in [1.54, 1.807) is 10.6 Å². The fourth-order valence-electron chi connectivity index (χ4n) is 2.42. The monoisotopic (exact) mass is 437 g/mol. The largest absolute Gasteiger partial charge is 0.334 e. The molecule has 1 aliphatic rings. The predicted octanol–water partition coefficient (Wildman–Crippen LogP) is 1.14. The first-order chi connectivity index (χ1) is 12.2. The Labute approximate surface area is 162 Å². The molecule has 26 heavy (non-hydrogen) atoms. The number of halogens is 2. The third-order valence-electron chi connectivity index (χ3n) is 3.55. The van der Waals surface area contributed by atoms with Crippen molar-refractivity contribution in [2.45, 2.75) is 17.6 Å². The quantitative estimate of drug-likeness (QED) is 0.687. The van der Waals surface area contributed by atoms with Gasteiger partial charge in [-0.15, -0.1) is 10.2 Å². The molecule has 0 radical (unpaired) electrons. The van der Waals surface area contributed by atoms with Crippen molar-refractivity contribution in [2.24, 2.45) is 0 Å². The Morgan fingerprint density at radius 1 is 1.35 bits per heavy atom. The van der Waals surface area contributed by atoms with E-state index in [0.717, 1.165) is 11.8 Å². The van der Waals surface area contributed by atoms with Gasteiger partial charge >= 0.3 is 6.03 Å². The van der Waals surface area contributed by atoms with Gasteiger partial charge in [-0.1, -0.05) is 35.0 Å². The van der Waals surface area contributed by atoms with E-state index in [2.05, 4.69) is 20.8 Å². The Kier molecular flexibility index (Phi) is 5.61. The van der Waals surface area contributed by atoms with Crippen molar-refractivity contribution >= 4 is 62.4 Å². The molecular weight excluding hydrogens is 425 g/mol. The van der Waals surface area contributed by atoms with Crippen LogP contribution in [0.2, 0.25) is 10.0 Å². The summed E-state index contributed by atoms with van der Waals surface area (Å²) in [7, 11) is -3.11. The van der Waals surface area contributed by atoms with E-state index in [1.165, 1.54) is 6.07 Å². The molecule has 2 aromatic rings. The number of carbonyl (C=O) groups is 2. The fraction of sp³-hybridized carbons (Fsp3) is 0.385. The number of hydrogen-bond donors (Lipinski definition) is 2. The maximum atomic E-state index is 11.9. The topological polar surface area (TPSA) is 123 Å². The molecule has 3 amide bonds. The van der Waals surface area contributed by atoms with Crippen LogP contribution in [0.3, 0.4) is 0 Å². The van der Waals surface area contributed by atoms with Crippen molar-refractivity contribution < 1.29 is 18.0 Å². The third-order valence-corrected chi connectivity index (χ3v) is 6.74. The van der Waals surface area contributed by atoms with Gasteiger partial charge in [-0.05, 0) is 12.5 Å². The molecule has 9 nitrogen and oxygen atoms in total. The second-order valence-electron chi connectivity index (χ2n) is 5.59. The van der Waals surface area contributed by atoms with Gasteiger partial charge in [0.2, 0.25) is 5.91 Å². The standard InChI is InChI=1S/C13H13Cl2N5O4S2/c14-7-3-9(15)11-18-19-13(20(11)4-7)25-5-10(21)17-12(22)16-8-1-2-26(23,24)6-8/h3-4,8H,1-2,5-6H2,(H2,16,17,21,22)/t8-/m1/s1. The second-order valence-corrected chi connectivity index (χ2v) is 9.61. The van der Waals surface area contributed by atoms with Gasteiger partial charge in [0, 0.05) is 12.2 Å². The number of rotatable bonds is 4. The zero-order valence-electron chi connectivity index (χ0n) is 13.1. The van der Waals surface area contributed by atoms with E-state index in [4.69, 9.17) is 23.2 Å². The first-order valence-electron chi connectivity index (χ1n) is 7.37. The molecule has 3 rings (SSSR count). The highest BCUT2D eigenvalue weighted by Gasteiger charge is 2.29. The number of hydrogen-bond acceptors (Lipinski definition) is 7. The number of urea groups is 1. The highest BCUT2D eigenvalue weighted by molar-refractivity contribution is 7.99. The van der Waals surface area contributed by atoms with Gasteiger partial charge in [-0.2, -0.15) is 0 Å². The lowest BCUT2D eigenvalue weighted by molar-refractivity contribution is -0.117. The van der Waals surface area contributed by atoms with Crippen molar-refractivity contribution in [1.82, 2.24) is 25.2 Å². The summed E-state index contributed by atoms with van der Waals surface area (Å²) in [5.41, 5.74) is 0.402. The van der Waals surface area contributed by atoms with Gasteiger partial charge in [-0.25, -0.2) is 13.2 Å². The minimum absolute atomic E-state index is 0.0345. The number of amides is 3. The Hall–Kier alpha value is -1.56. The molecule has 1 atom stereocenters. The van der Waals surface area contributed by atoms with Gasteiger partial charge in [0.15, 0.2) is 20.6 Å². The number of nitrogens with one attached hydrogen (secondary N) is 2. The van der Waals surface area contributed by atoms with Crippen molar-refractivity contribution in [3.8, 4) is 0 Å². The molecule has 0 bridgehead atoms. The summed E-state index contributed by atoms with van der Waals surface area (Å²) in [6.45, 7) is 0. The molecule has 0 aliphatic carbocycles. The van der Waals surface area contributed by atoms with Crippen LogP contribution < -0.4 is 10.6 Å². The molecule has 0 unspecified atom stereocenters. The minimum Gasteiger partial charge on any atom is -0.334 e. The first-order valence-corrected chi connectivity index (χ1v) is 10.9. The number of carbonyl (C=O) groups excluding carboxylic acids is 2. The zero-order chi connectivity index (χ0) is 18.9. The maximum absolute atomic E-state index is 11.9. The third kappa shape index (κ3) is 4.58. The molecule has 2 aromatic heterocycles. The summed E-state index contributed by atoms with van der Waals surface area (Å²) in [5.74, 6) is -0.733. The lowest BCUT2D eigenvalue weighted by Crippen LogP contribution is -2.45. The lowest BCUT2D eigenvalue weighted by atomic mass is 10.3. The van der Waals surface area contributed by atoms with Crippen LogP contribution in [0.15, 0.2) is 17.4 Å². The number of nitrogens with zero attached hydrogens (tertiary/aromatic N) is 3. The number of sulfone groups is 1. The Bertz CT molecular complexity index is 978. The van der Waals surface area contributed by atoms with E-state index >= 15 is 0 Å². The van der Waals surface area contributed by atoms with E-state index < -0.39 is 27.8 Å². The molecule has 0 saturated carbocycles. The Balaban J connectivity index is 1.54. The lowest BCUT2D eigenvalue weighted by Gasteiger charge is -2.11. The summed E-state index contributed by atoms with van der Waals surface area (Å²) in [6.07, 6.45) is 1.90. The SMILES string of the molecule is O=C(CSc1nnc2c(Cl)cc(Cl)cn12)NC(=O)N[C@@H]1CCS(=O)(=O)C1. The number of imide groups is 1. The van der Waals surface area contributed by atoms with Gasteiger partial charge in [0.05, 0.1) is 27.3 Å². The summed E-state index contributed by atoms with van der Waals surface area (Å²) in [4.78, 5) is 23.7. The van der Waals surface area contributed by atoms with Crippen LogP contribution >= 0.6 is 35.0 Å². The number of pyridine rings is 1. The van der Waals surface area contributed by atoms with E-state index in [1.807, 2.05) is 0 Å². The van der Waals surface area contributed by atoms with Crippen LogP contribution in [-0.2, 0) is 14.6 Å². The molecule has 2 N–H and O–H groups in total. The second kappa shape index (κ2) is 7.59. The predicted molar refractivity (Wildman–Crippen MR) is 97.5 cm³/mol. The molecule has 1 aliphatic heterocycles. The van der Waals surface area contributed by atoms with Crippen molar-refractivity contribution in [3.63, 3.8) is 0 Å². The summed E-state index contributed by atoms with van der Waals surface area (Å²) in [5, 5.41) is 13.6. The zero-order valence-corrected chi connectivity index (χ0v) is 16.3. The van der Waals surface area contributed by atoms with Gasteiger partial charge < -0.3 is 5.32 Å². The van der Waals surface area contributed by atoms with E-state index in [9.17, 15) is 18.0 Å². The van der Waals surface area contributed by atoms with Crippen molar-refractivity contribution in [2.75, 3.05) is 17.3 Å². The Morgan fingerprint density at radius 2 is 2.12 bits per heavy atom. The highest BCUT2D eigenvalue weighted by Crippen LogP contribution is 2.25. The fourth-order valence-corrected chi connectivity index (χ4v) is 5.32. The number of fused-ring (bicyclic) bond motifs is 1. The number of aromatic nitrogens is 3. The maximum Gasteiger partial charge on any atom is 0.321 e. The van der Waals surface area contributed by atoms with Gasteiger partial charge in [0.25, 0.3) is 0 Å². The molecule has 13 heteroatoms. The van der Waals surface area contributed by atoms with Gasteiger partial charge in [0.1, 0.15) is 0 Å². The highest BCUT2D eigenvalue weighted by atomic mass is 35.5. The van der Waals surface area contributed by atoms with Crippen LogP contribution in [0.1, 0.15) is 6.42 Å². The minimum atomic E-state index is -3.11. The van der Waals surface area contributed by atoms with Crippen LogP contribution in [0, 0.1) is 0 Å². The van der Waals surface area contributed by atoms with Crippen LogP contribution in [0.5, 0.6) is 0 Å². The van der Waals surface area contributed by atoms with Gasteiger partial charge in [-0.3, -0.25) is 14.5 Å². The van der Waals surface area contributed by atoms with E-state index in [0.29, 0.717) is 27.3 Å². The molecule has 140 valence electrons. The molecule has 1 saturated heterocycles. The number of thioether (sulfide) groups is 1. The van der Waals surface area contributed by atoms with Crippen molar-refractivity contribution in [3.05, 3.63) is 22.3 Å². The summed E-state index contributed by atoms with van der Waals surface area (Å²) in [6, 6.07) is 0.321. The first kappa shape index (κ1) is 19.2. The van der Waals surface area contributed by atoms with Crippen LogP contribution in [0.4, 0.5) is 4.79 Å². The molecule has 1 fully saturated rings. The molecule has 0 aromatic carbocycles. The van der Waals surface area contributed by atoms with Crippen LogP contribution in [-0.4, -0.2) is 58.3 Å². The average molecular weight is 438 g/mol. The molecule has 3 heterocycles. The smallest absolute Gasteiger partial charge is 0.321 e. The van der Waals surface area contributed by atoms with Crippen LogP contribution in [0.25, 0.3) is 5.65 Å².